The number of rotatable bonds is 2. The monoisotopic (exact) mass is 263 g/mol. The smallest absolute Gasteiger partial charge is 0.114 e. The first-order valence-corrected chi connectivity index (χ1v) is 7.38. The molecule has 1 saturated heterocycles. The molecule has 0 aromatic carbocycles. The van der Waals surface area contributed by atoms with Crippen LogP contribution in [0.2, 0.25) is 0 Å². The molecule has 1 heterocycles. The van der Waals surface area contributed by atoms with E-state index in [4.69, 9.17) is 5.73 Å². The zero-order valence-corrected chi connectivity index (χ0v) is 11.9. The number of nitrogens with one attached hydrogen (secondary N) is 1. The fourth-order valence-corrected chi connectivity index (χ4v) is 4.35. The van der Waals surface area contributed by atoms with Gasteiger partial charge in [-0.2, -0.15) is 0 Å². The van der Waals surface area contributed by atoms with E-state index in [2.05, 4.69) is 24.5 Å². The van der Waals surface area contributed by atoms with Crippen LogP contribution in [0, 0.1) is 11.3 Å². The van der Waals surface area contributed by atoms with Gasteiger partial charge in [-0.25, -0.2) is 5.43 Å². The summed E-state index contributed by atoms with van der Waals surface area (Å²) >= 11 is 0. The molecule has 3 aliphatic rings. The van der Waals surface area contributed by atoms with E-state index in [1.807, 2.05) is 12.1 Å². The van der Waals surface area contributed by atoms with Gasteiger partial charge in [-0.05, 0) is 38.5 Å². The second-order valence-corrected chi connectivity index (χ2v) is 6.54. The topological polar surface area (TPSA) is 61.5 Å². The molecular formula is C15H25N3O. The van der Waals surface area contributed by atoms with Gasteiger partial charge in [-0.1, -0.05) is 12.2 Å². The summed E-state index contributed by atoms with van der Waals surface area (Å²) in [4.78, 5) is 0. The van der Waals surface area contributed by atoms with Crippen molar-refractivity contribution in [1.82, 2.24) is 10.4 Å². The number of allylic oxidation sites excluding steroid dienone is 2. The van der Waals surface area contributed by atoms with E-state index < -0.39 is 0 Å². The van der Waals surface area contributed by atoms with Gasteiger partial charge in [0.2, 0.25) is 0 Å². The summed E-state index contributed by atoms with van der Waals surface area (Å²) in [7, 11) is 2.02. The van der Waals surface area contributed by atoms with Gasteiger partial charge < -0.3 is 15.8 Å². The number of nitrogens with two attached hydrogens (primary N) is 1. The van der Waals surface area contributed by atoms with Crippen LogP contribution in [-0.2, 0) is 0 Å². The van der Waals surface area contributed by atoms with E-state index >= 15 is 0 Å². The lowest BCUT2D eigenvalue weighted by atomic mass is 9.64. The zero-order chi connectivity index (χ0) is 13.6. The third kappa shape index (κ3) is 1.98. The maximum absolute atomic E-state index is 10.5. The molecule has 106 valence electrons. The Morgan fingerprint density at radius 2 is 2.42 bits per heavy atom. The molecule has 0 saturated carbocycles. The fourth-order valence-electron chi connectivity index (χ4n) is 4.35. The Hall–Kier alpha value is -1.00. The van der Waals surface area contributed by atoms with Crippen molar-refractivity contribution in [3.05, 3.63) is 23.6 Å². The highest BCUT2D eigenvalue weighted by Crippen LogP contribution is 2.53. The second kappa shape index (κ2) is 4.53. The minimum atomic E-state index is -0.00507. The van der Waals surface area contributed by atoms with Crippen LogP contribution in [-0.4, -0.2) is 29.2 Å². The third-order valence-electron chi connectivity index (χ3n) is 4.87. The van der Waals surface area contributed by atoms with Crippen LogP contribution in [0.25, 0.3) is 0 Å². The van der Waals surface area contributed by atoms with Gasteiger partial charge in [0.1, 0.15) is 5.76 Å². The maximum Gasteiger partial charge on any atom is 0.114 e. The van der Waals surface area contributed by atoms with E-state index in [1.165, 1.54) is 0 Å². The van der Waals surface area contributed by atoms with E-state index in [9.17, 15) is 5.11 Å². The van der Waals surface area contributed by atoms with E-state index in [1.54, 1.807) is 0 Å². The van der Waals surface area contributed by atoms with Crippen LogP contribution in [0.4, 0.5) is 0 Å². The largest absolute Gasteiger partial charge is 0.510 e. The molecule has 4 unspecified atom stereocenters. The van der Waals surface area contributed by atoms with Crippen LogP contribution in [0.3, 0.4) is 0 Å². The fraction of sp³-hybridized carbons (Fsp3) is 0.733. The average molecular weight is 263 g/mol. The van der Waals surface area contributed by atoms with Gasteiger partial charge in [-0.15, -0.1) is 0 Å². The van der Waals surface area contributed by atoms with Crippen LogP contribution >= 0.6 is 0 Å². The Kier molecular flexibility index (Phi) is 3.10. The molecule has 0 bridgehead atoms. The summed E-state index contributed by atoms with van der Waals surface area (Å²) in [6.07, 6.45) is 9.73. The van der Waals surface area contributed by atoms with E-state index in [0.717, 1.165) is 37.8 Å². The van der Waals surface area contributed by atoms with Crippen molar-refractivity contribution in [3.8, 4) is 0 Å². The number of aliphatic hydroxyl groups is 1. The molecule has 4 nitrogen and oxygen atoms in total. The predicted molar refractivity (Wildman–Crippen MR) is 76.1 cm³/mol. The molecule has 0 radical (unpaired) electrons. The van der Waals surface area contributed by atoms with E-state index in [-0.39, 0.29) is 11.5 Å². The normalized spacial score (nSPS) is 39.2. The van der Waals surface area contributed by atoms with Gasteiger partial charge in [0, 0.05) is 25.6 Å². The minimum absolute atomic E-state index is 0.00507. The van der Waals surface area contributed by atoms with Crippen LogP contribution in [0.5, 0.6) is 0 Å². The van der Waals surface area contributed by atoms with Crippen molar-refractivity contribution < 1.29 is 5.11 Å². The van der Waals surface area contributed by atoms with E-state index in [0.29, 0.717) is 17.7 Å². The van der Waals surface area contributed by atoms with Gasteiger partial charge in [0.15, 0.2) is 0 Å². The highest BCUT2D eigenvalue weighted by Gasteiger charge is 2.53. The Morgan fingerprint density at radius 3 is 3.16 bits per heavy atom. The second-order valence-electron chi connectivity index (χ2n) is 6.54. The first-order valence-electron chi connectivity index (χ1n) is 7.38. The van der Waals surface area contributed by atoms with Gasteiger partial charge in [-0.3, -0.25) is 0 Å². The summed E-state index contributed by atoms with van der Waals surface area (Å²) < 4.78 is 0. The van der Waals surface area contributed by atoms with Crippen molar-refractivity contribution in [2.75, 3.05) is 7.05 Å². The Morgan fingerprint density at radius 1 is 1.63 bits per heavy atom. The molecule has 1 spiro atoms. The van der Waals surface area contributed by atoms with Crippen LogP contribution < -0.4 is 11.2 Å². The Bertz CT molecular complexity index is 429. The molecular weight excluding hydrogens is 238 g/mol. The SMILES string of the molecule is CC(N)CC1CC(O)=C2N(C)NC3CCC=CC23C1. The molecule has 19 heavy (non-hydrogen) atoms. The molecule has 2 aliphatic carbocycles. The summed E-state index contributed by atoms with van der Waals surface area (Å²) in [5.41, 5.74) is 10.6. The number of nitrogens with zero attached hydrogens (tertiary/aromatic N) is 1. The van der Waals surface area contributed by atoms with Gasteiger partial charge >= 0.3 is 0 Å². The summed E-state index contributed by atoms with van der Waals surface area (Å²) in [6, 6.07) is 0.629. The summed E-state index contributed by atoms with van der Waals surface area (Å²) in [6.45, 7) is 2.06. The van der Waals surface area contributed by atoms with Crippen LogP contribution in [0.1, 0.15) is 39.0 Å². The number of hydrazine groups is 1. The minimum Gasteiger partial charge on any atom is -0.510 e. The van der Waals surface area contributed by atoms with Crippen LogP contribution in [0.15, 0.2) is 23.6 Å². The lowest BCUT2D eigenvalue weighted by molar-refractivity contribution is 0.196. The number of hydrogen-bond acceptors (Lipinski definition) is 4. The molecule has 1 fully saturated rings. The summed E-state index contributed by atoms with van der Waals surface area (Å²) in [5, 5.41) is 12.5. The quantitative estimate of drug-likeness (QED) is 0.667. The lowest BCUT2D eigenvalue weighted by Gasteiger charge is -2.41. The Labute approximate surface area is 115 Å². The van der Waals surface area contributed by atoms with Crippen molar-refractivity contribution in [1.29, 1.82) is 0 Å². The molecule has 4 N–H and O–H groups in total. The Balaban J connectivity index is 1.98. The maximum atomic E-state index is 10.5. The molecule has 4 atom stereocenters. The highest BCUT2D eigenvalue weighted by molar-refractivity contribution is 5.34. The zero-order valence-electron chi connectivity index (χ0n) is 11.9. The van der Waals surface area contributed by atoms with Crippen molar-refractivity contribution in [3.63, 3.8) is 0 Å². The van der Waals surface area contributed by atoms with Crippen molar-refractivity contribution in [2.45, 2.75) is 51.1 Å². The average Bonchev–Trinajstić information content (AvgIpc) is 2.60. The number of aliphatic hydroxyl groups excluding tert-OH is 1. The van der Waals surface area contributed by atoms with Gasteiger partial charge in [0.25, 0.3) is 0 Å². The van der Waals surface area contributed by atoms with Crippen molar-refractivity contribution in [2.24, 2.45) is 17.1 Å². The molecule has 1 aliphatic heterocycles. The first kappa shape index (κ1) is 13.0. The predicted octanol–water partition coefficient (Wildman–Crippen LogP) is 2.06. The molecule has 3 rings (SSSR count). The van der Waals surface area contributed by atoms with Crippen molar-refractivity contribution >= 4 is 0 Å². The molecule has 0 amide bonds. The number of hydrogen-bond donors (Lipinski definition) is 3. The third-order valence-corrected chi connectivity index (χ3v) is 4.87. The molecule has 0 aromatic heterocycles. The lowest BCUT2D eigenvalue weighted by Crippen LogP contribution is -2.41. The van der Waals surface area contributed by atoms with Gasteiger partial charge in [0.05, 0.1) is 11.1 Å². The molecule has 4 heteroatoms. The molecule has 0 aromatic rings. The summed E-state index contributed by atoms with van der Waals surface area (Å²) in [5.74, 6) is 1.04. The highest BCUT2D eigenvalue weighted by atomic mass is 16.3. The standard InChI is InChI=1S/C15H25N3O/c1-10(16)7-11-8-12(19)14-15(9-11)6-4-3-5-13(15)17-18(14)2/h4,6,10-11,13,17,19H,3,5,7-9,16H2,1-2H3. The first-order chi connectivity index (χ1) is 9.03.